The Morgan fingerprint density at radius 1 is 1.17 bits per heavy atom. The van der Waals surface area contributed by atoms with E-state index < -0.39 is 17.4 Å². The van der Waals surface area contributed by atoms with Gasteiger partial charge in [-0.05, 0) is 17.9 Å². The van der Waals surface area contributed by atoms with Gasteiger partial charge in [0.05, 0.1) is 5.69 Å². The first-order chi connectivity index (χ1) is 13.7. The standard InChI is InChI=1S/C20H19F3N4OS/c1-11(2)12-3-5-13(6-4-12)16-10-29-19(24-16)27-8-7-14-15(9-27)17(20(21,22)23)25-26-18(14)28/h3-6,10-11H,7-9H2,1-2H3,(H,26,28). The smallest absolute Gasteiger partial charge is 0.343 e. The summed E-state index contributed by atoms with van der Waals surface area (Å²) in [4.78, 5) is 18.3. The first-order valence-corrected chi connectivity index (χ1v) is 10.1. The molecule has 152 valence electrons. The maximum absolute atomic E-state index is 13.3. The third-order valence-corrected chi connectivity index (χ3v) is 5.98. The Balaban J connectivity index is 1.62. The van der Waals surface area contributed by atoms with Gasteiger partial charge >= 0.3 is 6.18 Å². The summed E-state index contributed by atoms with van der Waals surface area (Å²) in [7, 11) is 0. The maximum Gasteiger partial charge on any atom is 0.435 e. The van der Waals surface area contributed by atoms with Crippen molar-refractivity contribution in [1.29, 1.82) is 0 Å². The highest BCUT2D eigenvalue weighted by molar-refractivity contribution is 7.14. The quantitative estimate of drug-likeness (QED) is 0.673. The first-order valence-electron chi connectivity index (χ1n) is 9.22. The number of hydrogen-bond donors (Lipinski definition) is 1. The predicted molar refractivity (Wildman–Crippen MR) is 106 cm³/mol. The fourth-order valence-corrected chi connectivity index (χ4v) is 4.31. The van der Waals surface area contributed by atoms with Crippen LogP contribution in [0.1, 0.15) is 42.1 Å². The Bertz CT molecular complexity index is 1090. The third kappa shape index (κ3) is 3.78. The molecule has 0 bridgehead atoms. The molecule has 3 heterocycles. The van der Waals surface area contributed by atoms with Crippen molar-refractivity contribution in [2.24, 2.45) is 0 Å². The highest BCUT2D eigenvalue weighted by Gasteiger charge is 2.39. The van der Waals surface area contributed by atoms with Crippen LogP contribution in [0.25, 0.3) is 11.3 Å². The zero-order chi connectivity index (χ0) is 20.8. The van der Waals surface area contributed by atoms with Crippen LogP contribution in [0.5, 0.6) is 0 Å². The summed E-state index contributed by atoms with van der Waals surface area (Å²) >= 11 is 1.38. The molecule has 0 aliphatic carbocycles. The number of alkyl halides is 3. The fraction of sp³-hybridized carbons (Fsp3) is 0.350. The number of H-pyrrole nitrogens is 1. The van der Waals surface area contributed by atoms with Crippen LogP contribution in [0.15, 0.2) is 34.4 Å². The molecule has 0 spiro atoms. The zero-order valence-corrected chi connectivity index (χ0v) is 16.7. The van der Waals surface area contributed by atoms with E-state index in [0.29, 0.717) is 17.6 Å². The number of aromatic amines is 1. The van der Waals surface area contributed by atoms with Crippen LogP contribution in [0.4, 0.5) is 18.3 Å². The molecule has 0 fully saturated rings. The summed E-state index contributed by atoms with van der Waals surface area (Å²) in [5.74, 6) is 0.433. The number of nitrogens with one attached hydrogen (secondary N) is 1. The molecule has 0 saturated carbocycles. The number of anilines is 1. The van der Waals surface area contributed by atoms with E-state index in [1.54, 1.807) is 4.90 Å². The van der Waals surface area contributed by atoms with Crippen molar-refractivity contribution in [3.63, 3.8) is 0 Å². The second kappa shape index (κ2) is 7.29. The van der Waals surface area contributed by atoms with Crippen molar-refractivity contribution >= 4 is 16.5 Å². The molecule has 29 heavy (non-hydrogen) atoms. The summed E-state index contributed by atoms with van der Waals surface area (Å²) < 4.78 is 40.0. The maximum atomic E-state index is 13.3. The van der Waals surface area contributed by atoms with Crippen LogP contribution in [0, 0.1) is 0 Å². The van der Waals surface area contributed by atoms with Crippen molar-refractivity contribution in [2.75, 3.05) is 11.4 Å². The molecule has 1 aromatic carbocycles. The van der Waals surface area contributed by atoms with Crippen molar-refractivity contribution in [3.8, 4) is 11.3 Å². The van der Waals surface area contributed by atoms with Gasteiger partial charge in [0.2, 0.25) is 0 Å². The number of fused-ring (bicyclic) bond motifs is 1. The van der Waals surface area contributed by atoms with E-state index in [4.69, 9.17) is 0 Å². The van der Waals surface area contributed by atoms with E-state index in [-0.39, 0.29) is 24.1 Å². The minimum Gasteiger partial charge on any atom is -0.343 e. The SMILES string of the molecule is CC(C)c1ccc(-c2csc(N3CCc4c(c(C(F)(F)F)n[nH]c4=O)C3)n2)cc1. The molecule has 2 aromatic heterocycles. The van der Waals surface area contributed by atoms with Gasteiger partial charge in [-0.3, -0.25) is 4.79 Å². The molecule has 0 unspecified atom stereocenters. The molecule has 5 nitrogen and oxygen atoms in total. The summed E-state index contributed by atoms with van der Waals surface area (Å²) in [6, 6.07) is 8.13. The van der Waals surface area contributed by atoms with Gasteiger partial charge < -0.3 is 4.90 Å². The number of halogens is 3. The minimum absolute atomic E-state index is 0.0413. The number of rotatable bonds is 3. The summed E-state index contributed by atoms with van der Waals surface area (Å²) in [5, 5.41) is 7.76. The molecule has 0 saturated heterocycles. The summed E-state index contributed by atoms with van der Waals surface area (Å²) in [6.45, 7) is 4.63. The van der Waals surface area contributed by atoms with E-state index in [2.05, 4.69) is 36.1 Å². The van der Waals surface area contributed by atoms with Crippen LogP contribution < -0.4 is 10.5 Å². The van der Waals surface area contributed by atoms with Gasteiger partial charge in [0, 0.05) is 35.2 Å². The molecular formula is C20H19F3N4OS. The fourth-order valence-electron chi connectivity index (χ4n) is 3.45. The highest BCUT2D eigenvalue weighted by atomic mass is 32.1. The Kier molecular flexibility index (Phi) is 4.94. The lowest BCUT2D eigenvalue weighted by atomic mass is 10.00. The number of aromatic nitrogens is 3. The molecule has 1 aliphatic heterocycles. The molecule has 1 N–H and O–H groups in total. The zero-order valence-electron chi connectivity index (χ0n) is 15.9. The van der Waals surface area contributed by atoms with Gasteiger partial charge in [0.25, 0.3) is 5.56 Å². The van der Waals surface area contributed by atoms with Crippen molar-refractivity contribution < 1.29 is 13.2 Å². The van der Waals surface area contributed by atoms with Gasteiger partial charge in [-0.2, -0.15) is 18.3 Å². The van der Waals surface area contributed by atoms with Crippen LogP contribution in [-0.2, 0) is 19.1 Å². The van der Waals surface area contributed by atoms with Gasteiger partial charge in [-0.25, -0.2) is 10.1 Å². The normalized spacial score (nSPS) is 14.3. The van der Waals surface area contributed by atoms with Gasteiger partial charge in [0.15, 0.2) is 10.8 Å². The average Bonchev–Trinajstić information content (AvgIpc) is 3.17. The van der Waals surface area contributed by atoms with Gasteiger partial charge in [-0.1, -0.05) is 38.1 Å². The van der Waals surface area contributed by atoms with Crippen LogP contribution >= 0.6 is 11.3 Å². The number of thiazole rings is 1. The van der Waals surface area contributed by atoms with Gasteiger partial charge in [0.1, 0.15) is 0 Å². The third-order valence-electron chi connectivity index (χ3n) is 5.08. The van der Waals surface area contributed by atoms with Crippen LogP contribution in [-0.4, -0.2) is 21.7 Å². The molecule has 0 amide bonds. The van der Waals surface area contributed by atoms with Crippen LogP contribution in [0.3, 0.4) is 0 Å². The van der Waals surface area contributed by atoms with E-state index >= 15 is 0 Å². The second-order valence-electron chi connectivity index (χ2n) is 7.32. The number of nitrogens with zero attached hydrogens (tertiary/aromatic N) is 3. The van der Waals surface area contributed by atoms with Crippen molar-refractivity contribution in [3.05, 3.63) is 62.4 Å². The highest BCUT2D eigenvalue weighted by Crippen LogP contribution is 2.35. The number of hydrogen-bond acceptors (Lipinski definition) is 5. The van der Waals surface area contributed by atoms with Crippen molar-refractivity contribution in [1.82, 2.24) is 15.2 Å². The summed E-state index contributed by atoms with van der Waals surface area (Å²) in [5.41, 5.74) is 1.48. The lowest BCUT2D eigenvalue weighted by Crippen LogP contribution is -2.37. The molecule has 4 rings (SSSR count). The Morgan fingerprint density at radius 2 is 1.90 bits per heavy atom. The Labute approximate surface area is 169 Å². The molecule has 3 aromatic rings. The first kappa shape index (κ1) is 19.6. The second-order valence-corrected chi connectivity index (χ2v) is 8.16. The molecule has 0 atom stereocenters. The van der Waals surface area contributed by atoms with Crippen LogP contribution in [0.2, 0.25) is 0 Å². The topological polar surface area (TPSA) is 61.9 Å². The lowest BCUT2D eigenvalue weighted by molar-refractivity contribution is -0.142. The van der Waals surface area contributed by atoms with E-state index in [0.717, 1.165) is 11.3 Å². The lowest BCUT2D eigenvalue weighted by Gasteiger charge is -2.29. The minimum atomic E-state index is -4.62. The van der Waals surface area contributed by atoms with E-state index in [1.165, 1.54) is 16.9 Å². The van der Waals surface area contributed by atoms with E-state index in [1.807, 2.05) is 22.6 Å². The average molecular weight is 420 g/mol. The molecule has 1 aliphatic rings. The Morgan fingerprint density at radius 3 is 2.55 bits per heavy atom. The monoisotopic (exact) mass is 420 g/mol. The molecular weight excluding hydrogens is 401 g/mol. The van der Waals surface area contributed by atoms with Crippen molar-refractivity contribution in [2.45, 2.75) is 38.9 Å². The summed E-state index contributed by atoms with van der Waals surface area (Å²) in [6.07, 6.45) is -4.41. The van der Waals surface area contributed by atoms with E-state index in [9.17, 15) is 18.0 Å². The van der Waals surface area contributed by atoms with Gasteiger partial charge in [-0.15, -0.1) is 11.3 Å². The Hall–Kier alpha value is -2.68. The molecule has 0 radical (unpaired) electrons. The predicted octanol–water partition coefficient (Wildman–Crippen LogP) is 4.60. The molecule has 9 heteroatoms. The number of benzene rings is 1. The largest absolute Gasteiger partial charge is 0.435 e.